The first-order chi connectivity index (χ1) is 14.5. The molecule has 2 bridgehead atoms. The molecular weight excluding hydrogens is 382 g/mol. The molecule has 0 aromatic carbocycles. The first kappa shape index (κ1) is 19.8. The Morgan fingerprint density at radius 3 is 3.00 bits per heavy atom. The van der Waals surface area contributed by atoms with E-state index in [0.717, 1.165) is 43.9 Å². The molecule has 0 radical (unpaired) electrons. The standard InChI is InChI=1S/C22H31N5O3/c1-3-4-8-26-10-16-15(12-28)20-11-27(14-22(16,13-26)30-20)21(29)18-9-17(23-24-18)19-6-5-7-25(19)2/h5-7,9,15-16,20,28H,3-4,8,10-14H2,1-2H3,(H,23,24)/t15-,16+,20+,22-/m0/s1. The smallest absolute Gasteiger partial charge is 0.272 e. The predicted molar refractivity (Wildman–Crippen MR) is 112 cm³/mol. The lowest BCUT2D eigenvalue weighted by molar-refractivity contribution is -0.108. The van der Waals surface area contributed by atoms with Gasteiger partial charge in [-0.3, -0.25) is 14.8 Å². The Hall–Kier alpha value is -2.16. The van der Waals surface area contributed by atoms with Gasteiger partial charge in [-0.25, -0.2) is 0 Å². The second kappa shape index (κ2) is 7.51. The van der Waals surface area contributed by atoms with Crippen LogP contribution in [0.5, 0.6) is 0 Å². The number of aliphatic hydroxyl groups excluding tert-OH is 1. The van der Waals surface area contributed by atoms with Crippen molar-refractivity contribution < 1.29 is 14.6 Å². The number of amides is 1. The fraction of sp³-hybridized carbons (Fsp3) is 0.636. The Balaban J connectivity index is 1.36. The lowest BCUT2D eigenvalue weighted by Gasteiger charge is -2.40. The van der Waals surface area contributed by atoms with Gasteiger partial charge in [0.05, 0.1) is 18.3 Å². The molecular formula is C22H31N5O3. The van der Waals surface area contributed by atoms with Crippen molar-refractivity contribution in [3.8, 4) is 11.4 Å². The highest BCUT2D eigenvalue weighted by atomic mass is 16.5. The quantitative estimate of drug-likeness (QED) is 0.747. The van der Waals surface area contributed by atoms with E-state index in [2.05, 4.69) is 22.0 Å². The molecule has 8 nitrogen and oxygen atoms in total. The summed E-state index contributed by atoms with van der Waals surface area (Å²) in [5.41, 5.74) is 1.87. The summed E-state index contributed by atoms with van der Waals surface area (Å²) in [7, 11) is 1.96. The molecule has 3 saturated heterocycles. The van der Waals surface area contributed by atoms with Crippen molar-refractivity contribution in [1.29, 1.82) is 0 Å². The third-order valence-electron chi connectivity index (χ3n) is 7.20. The number of ether oxygens (including phenoxy) is 1. The summed E-state index contributed by atoms with van der Waals surface area (Å²) >= 11 is 0. The van der Waals surface area contributed by atoms with Crippen LogP contribution in [0.1, 0.15) is 30.3 Å². The second-order valence-corrected chi connectivity index (χ2v) is 9.12. The molecule has 1 spiro atoms. The Labute approximate surface area is 176 Å². The van der Waals surface area contributed by atoms with Gasteiger partial charge >= 0.3 is 0 Å². The van der Waals surface area contributed by atoms with Gasteiger partial charge in [0.2, 0.25) is 0 Å². The van der Waals surface area contributed by atoms with Crippen LogP contribution in [0.3, 0.4) is 0 Å². The average Bonchev–Trinajstić information content (AvgIpc) is 3.48. The SMILES string of the molecule is CCCCN1C[C@@H]2[C@H](CO)[C@H]3CN(C(=O)c4cc(-c5cccn5C)n[nH]4)C[C@]2(C1)O3. The van der Waals surface area contributed by atoms with Gasteiger partial charge in [0.25, 0.3) is 5.91 Å². The Morgan fingerprint density at radius 1 is 1.40 bits per heavy atom. The van der Waals surface area contributed by atoms with Crippen molar-refractivity contribution in [3.05, 3.63) is 30.1 Å². The van der Waals surface area contributed by atoms with Gasteiger partial charge < -0.3 is 19.3 Å². The molecule has 1 amide bonds. The minimum absolute atomic E-state index is 0.0417. The van der Waals surface area contributed by atoms with Crippen molar-refractivity contribution in [2.45, 2.75) is 31.5 Å². The van der Waals surface area contributed by atoms with Crippen molar-refractivity contribution in [3.63, 3.8) is 0 Å². The van der Waals surface area contributed by atoms with E-state index in [-0.39, 0.29) is 36.1 Å². The van der Waals surface area contributed by atoms with E-state index < -0.39 is 0 Å². The third-order valence-corrected chi connectivity index (χ3v) is 7.20. The van der Waals surface area contributed by atoms with Crippen LogP contribution in [0.25, 0.3) is 11.4 Å². The number of aromatic amines is 1. The molecule has 2 N–H and O–H groups in total. The highest BCUT2D eigenvalue weighted by Gasteiger charge is 2.62. The molecule has 0 aliphatic carbocycles. The van der Waals surface area contributed by atoms with Gasteiger partial charge in [0.1, 0.15) is 17.0 Å². The Morgan fingerprint density at radius 2 is 2.27 bits per heavy atom. The zero-order chi connectivity index (χ0) is 20.9. The number of aliphatic hydroxyl groups is 1. The van der Waals surface area contributed by atoms with E-state index >= 15 is 0 Å². The van der Waals surface area contributed by atoms with Crippen LogP contribution in [0, 0.1) is 11.8 Å². The number of unbranched alkanes of at least 4 members (excludes halogenated alkanes) is 1. The number of fused-ring (bicyclic) bond motifs is 1. The van der Waals surface area contributed by atoms with E-state index in [4.69, 9.17) is 4.74 Å². The molecule has 2 aromatic heterocycles. The number of nitrogens with one attached hydrogen (secondary N) is 1. The van der Waals surface area contributed by atoms with E-state index in [1.807, 2.05) is 40.9 Å². The van der Waals surface area contributed by atoms with E-state index in [1.54, 1.807) is 0 Å². The number of likely N-dealkylation sites (tertiary alicyclic amines) is 2. The number of rotatable bonds is 6. The highest BCUT2D eigenvalue weighted by molar-refractivity contribution is 5.93. The summed E-state index contributed by atoms with van der Waals surface area (Å²) in [5.74, 6) is 0.331. The number of H-pyrrole nitrogens is 1. The maximum absolute atomic E-state index is 13.3. The summed E-state index contributed by atoms with van der Waals surface area (Å²) in [5, 5.41) is 17.4. The number of hydrogen-bond donors (Lipinski definition) is 2. The molecule has 2 aromatic rings. The van der Waals surface area contributed by atoms with Crippen molar-refractivity contribution in [2.24, 2.45) is 18.9 Å². The number of aryl methyl sites for hydroxylation is 1. The molecule has 3 aliphatic rings. The topological polar surface area (TPSA) is 86.6 Å². The van der Waals surface area contributed by atoms with Crippen LogP contribution >= 0.6 is 0 Å². The molecule has 162 valence electrons. The molecule has 0 saturated carbocycles. The summed E-state index contributed by atoms with van der Waals surface area (Å²) in [4.78, 5) is 17.7. The first-order valence-electron chi connectivity index (χ1n) is 11.0. The van der Waals surface area contributed by atoms with Gasteiger partial charge in [-0.2, -0.15) is 5.10 Å². The van der Waals surface area contributed by atoms with Crippen molar-refractivity contribution in [1.82, 2.24) is 24.6 Å². The average molecular weight is 414 g/mol. The number of carbonyl (C=O) groups is 1. The fourth-order valence-corrected chi connectivity index (χ4v) is 5.70. The van der Waals surface area contributed by atoms with Gasteiger partial charge in [0.15, 0.2) is 0 Å². The summed E-state index contributed by atoms with van der Waals surface area (Å²) < 4.78 is 8.48. The Kier molecular flexibility index (Phi) is 4.95. The number of nitrogens with zero attached hydrogens (tertiary/aromatic N) is 4. The van der Waals surface area contributed by atoms with Crippen LogP contribution in [0.15, 0.2) is 24.4 Å². The van der Waals surface area contributed by atoms with E-state index in [0.29, 0.717) is 18.8 Å². The minimum atomic E-state index is -0.360. The van der Waals surface area contributed by atoms with E-state index in [9.17, 15) is 9.90 Å². The van der Waals surface area contributed by atoms with Gasteiger partial charge in [-0.1, -0.05) is 13.3 Å². The maximum Gasteiger partial charge on any atom is 0.272 e. The summed E-state index contributed by atoms with van der Waals surface area (Å²) in [6.07, 6.45) is 4.19. The van der Waals surface area contributed by atoms with Gasteiger partial charge in [-0.05, 0) is 31.2 Å². The van der Waals surface area contributed by atoms with Gasteiger partial charge in [-0.15, -0.1) is 0 Å². The molecule has 8 heteroatoms. The number of hydrogen-bond acceptors (Lipinski definition) is 5. The number of morpholine rings is 1. The minimum Gasteiger partial charge on any atom is -0.396 e. The highest BCUT2D eigenvalue weighted by Crippen LogP contribution is 2.49. The van der Waals surface area contributed by atoms with Crippen LogP contribution in [0.2, 0.25) is 0 Å². The monoisotopic (exact) mass is 413 g/mol. The van der Waals surface area contributed by atoms with Crippen LogP contribution in [0.4, 0.5) is 0 Å². The maximum atomic E-state index is 13.3. The molecule has 5 rings (SSSR count). The second-order valence-electron chi connectivity index (χ2n) is 9.12. The molecule has 3 fully saturated rings. The molecule has 0 unspecified atom stereocenters. The largest absolute Gasteiger partial charge is 0.396 e. The van der Waals surface area contributed by atoms with Gasteiger partial charge in [0, 0.05) is 51.3 Å². The predicted octanol–water partition coefficient (Wildman–Crippen LogP) is 1.35. The Bertz CT molecular complexity index is 924. The van der Waals surface area contributed by atoms with Crippen molar-refractivity contribution >= 4 is 5.91 Å². The molecule has 5 heterocycles. The number of aromatic nitrogens is 3. The first-order valence-corrected chi connectivity index (χ1v) is 11.0. The zero-order valence-electron chi connectivity index (χ0n) is 17.8. The molecule has 4 atom stereocenters. The lowest BCUT2D eigenvalue weighted by Crippen LogP contribution is -2.55. The van der Waals surface area contributed by atoms with Crippen LogP contribution in [-0.2, 0) is 11.8 Å². The molecule has 30 heavy (non-hydrogen) atoms. The summed E-state index contributed by atoms with van der Waals surface area (Å²) in [6, 6.07) is 5.78. The lowest BCUT2D eigenvalue weighted by atomic mass is 9.83. The fourth-order valence-electron chi connectivity index (χ4n) is 5.70. The van der Waals surface area contributed by atoms with Crippen LogP contribution in [-0.4, -0.2) is 86.6 Å². The molecule has 3 aliphatic heterocycles. The van der Waals surface area contributed by atoms with Crippen molar-refractivity contribution in [2.75, 3.05) is 39.3 Å². The zero-order valence-corrected chi connectivity index (χ0v) is 17.8. The summed E-state index contributed by atoms with van der Waals surface area (Å²) in [6.45, 7) is 6.25. The van der Waals surface area contributed by atoms with Crippen LogP contribution < -0.4 is 0 Å². The van der Waals surface area contributed by atoms with E-state index in [1.165, 1.54) is 0 Å². The normalized spacial score (nSPS) is 30.8. The number of carbonyl (C=O) groups excluding carboxylic acids is 1. The third kappa shape index (κ3) is 3.09.